The molecule has 3 rings (SSSR count). The molecule has 1 aromatic carbocycles. The number of aromatic nitrogens is 3. The number of fused-ring (bicyclic) bond motifs is 1. The Bertz CT molecular complexity index is 1090. The molecule has 0 radical (unpaired) electrons. The van der Waals surface area contributed by atoms with Gasteiger partial charge in [-0.3, -0.25) is 9.78 Å². The number of anilines is 2. The van der Waals surface area contributed by atoms with Crippen molar-refractivity contribution in [3.8, 4) is 0 Å². The summed E-state index contributed by atoms with van der Waals surface area (Å²) in [5.41, 5.74) is 1.73. The molecule has 1 atom stereocenters. The van der Waals surface area contributed by atoms with Gasteiger partial charge in [0, 0.05) is 12.2 Å². The predicted octanol–water partition coefficient (Wildman–Crippen LogP) is 4.75. The molecule has 0 saturated heterocycles. The number of carbonyl (C=O) groups is 1. The van der Waals surface area contributed by atoms with Crippen LogP contribution >= 0.6 is 0 Å². The van der Waals surface area contributed by atoms with E-state index in [1.54, 1.807) is 30.6 Å². The molecule has 0 bridgehead atoms. The minimum absolute atomic E-state index is 0.196. The van der Waals surface area contributed by atoms with Crippen LogP contribution in [0.1, 0.15) is 44.1 Å². The zero-order valence-electron chi connectivity index (χ0n) is 18.8. The number of hydrogen-bond acceptors (Lipinski definition) is 6. The van der Waals surface area contributed by atoms with Gasteiger partial charge in [0.1, 0.15) is 11.5 Å². The largest absolute Gasteiger partial charge is 0.366 e. The van der Waals surface area contributed by atoms with Crippen molar-refractivity contribution in [1.82, 2.24) is 19.9 Å². The molecule has 2 N–H and O–H groups in total. The summed E-state index contributed by atoms with van der Waals surface area (Å²) in [4.78, 5) is 31.5. The normalized spacial score (nSPS) is 11.8. The lowest BCUT2D eigenvalue weighted by atomic mass is 10.1. The Morgan fingerprint density at radius 3 is 2.69 bits per heavy atom. The molecule has 32 heavy (non-hydrogen) atoms. The van der Waals surface area contributed by atoms with Crippen molar-refractivity contribution in [2.24, 2.45) is 0 Å². The van der Waals surface area contributed by atoms with E-state index >= 15 is 0 Å². The first-order valence-electron chi connectivity index (χ1n) is 10.9. The molecule has 0 aliphatic carbocycles. The molecule has 2 heterocycles. The monoisotopic (exact) mass is 431 g/mol. The summed E-state index contributed by atoms with van der Waals surface area (Å²) in [5.74, 6) is 0.240. The van der Waals surface area contributed by atoms with E-state index in [0.717, 1.165) is 37.9 Å². The molecule has 3 aromatic rings. The maximum absolute atomic E-state index is 12.7. The van der Waals surface area contributed by atoms with E-state index in [9.17, 15) is 4.79 Å². The summed E-state index contributed by atoms with van der Waals surface area (Å²) in [6.45, 7) is 17.0. The van der Waals surface area contributed by atoms with Crippen molar-refractivity contribution in [2.75, 3.05) is 30.3 Å². The highest BCUT2D eigenvalue weighted by Gasteiger charge is 2.13. The molecule has 2 aromatic heterocycles. The van der Waals surface area contributed by atoms with Gasteiger partial charge in [-0.15, -0.1) is 0 Å². The summed E-state index contributed by atoms with van der Waals surface area (Å²) >= 11 is 0. The predicted molar refractivity (Wildman–Crippen MR) is 128 cm³/mol. The summed E-state index contributed by atoms with van der Waals surface area (Å²) in [5, 5.41) is 6.94. The molecule has 0 aliphatic rings. The zero-order chi connectivity index (χ0) is 22.9. The second kappa shape index (κ2) is 11.2. The van der Waals surface area contributed by atoms with E-state index in [4.69, 9.17) is 6.57 Å². The molecule has 8 heteroatoms. The third-order valence-electron chi connectivity index (χ3n) is 5.35. The Morgan fingerprint density at radius 1 is 1.19 bits per heavy atom. The Labute approximate surface area is 188 Å². The Kier molecular flexibility index (Phi) is 8.06. The molecule has 166 valence electrons. The van der Waals surface area contributed by atoms with E-state index in [2.05, 4.69) is 56.1 Å². The lowest BCUT2D eigenvalue weighted by Gasteiger charge is -2.20. The van der Waals surface area contributed by atoms with Crippen LogP contribution in [0, 0.1) is 6.57 Å². The quantitative estimate of drug-likeness (QED) is 0.451. The van der Waals surface area contributed by atoms with E-state index in [1.165, 1.54) is 6.20 Å². The topological polar surface area (TPSA) is 87.4 Å². The minimum Gasteiger partial charge on any atom is -0.366 e. The number of nitrogens with zero attached hydrogens (tertiary/aromatic N) is 5. The standard InChI is InChI=1S/C24H29N7O/c1-5-31(6-2)12-8-9-17(3)29-22-16-27-21(15-28-22)24(32)30-20-14-19(25-4)13-18-10-7-11-26-23(18)20/h7,10-11,13-17H,5-6,8-9,12H2,1-3H3,(H,28,29)(H,30,32). The second-order valence-corrected chi connectivity index (χ2v) is 7.64. The highest BCUT2D eigenvalue weighted by molar-refractivity contribution is 6.08. The fraction of sp³-hybridized carbons (Fsp3) is 0.375. The molecule has 0 aliphatic heterocycles. The fourth-order valence-corrected chi connectivity index (χ4v) is 3.53. The zero-order valence-corrected chi connectivity index (χ0v) is 18.8. The number of hydrogen-bond donors (Lipinski definition) is 2. The molecule has 0 saturated carbocycles. The Morgan fingerprint density at radius 2 is 2.00 bits per heavy atom. The number of rotatable bonds is 10. The lowest BCUT2D eigenvalue weighted by Crippen LogP contribution is -2.25. The van der Waals surface area contributed by atoms with Gasteiger partial charge in [-0.25, -0.2) is 14.8 Å². The van der Waals surface area contributed by atoms with Crippen LogP contribution < -0.4 is 10.6 Å². The molecule has 1 unspecified atom stereocenters. The second-order valence-electron chi connectivity index (χ2n) is 7.64. The van der Waals surface area contributed by atoms with Crippen molar-refractivity contribution >= 4 is 34.0 Å². The van der Waals surface area contributed by atoms with Crippen molar-refractivity contribution in [1.29, 1.82) is 0 Å². The van der Waals surface area contributed by atoms with E-state index in [1.807, 2.05) is 6.07 Å². The van der Waals surface area contributed by atoms with E-state index < -0.39 is 5.91 Å². The summed E-state index contributed by atoms with van der Waals surface area (Å²) in [6.07, 6.45) is 6.81. The average Bonchev–Trinajstić information content (AvgIpc) is 2.82. The van der Waals surface area contributed by atoms with Crippen LogP contribution in [0.15, 0.2) is 42.9 Å². The van der Waals surface area contributed by atoms with Gasteiger partial charge in [-0.05, 0) is 63.0 Å². The maximum Gasteiger partial charge on any atom is 0.275 e. The van der Waals surface area contributed by atoms with Crippen LogP contribution in [0.25, 0.3) is 15.7 Å². The van der Waals surface area contributed by atoms with Crippen molar-refractivity contribution in [3.63, 3.8) is 0 Å². The Balaban J connectivity index is 1.61. The first-order chi connectivity index (χ1) is 15.5. The van der Waals surface area contributed by atoms with Gasteiger partial charge in [0.15, 0.2) is 5.69 Å². The van der Waals surface area contributed by atoms with Crippen LogP contribution in [-0.2, 0) is 0 Å². The molecular weight excluding hydrogens is 402 g/mol. The molecule has 8 nitrogen and oxygen atoms in total. The molecular formula is C24H29N7O. The summed E-state index contributed by atoms with van der Waals surface area (Å²) < 4.78 is 0. The van der Waals surface area contributed by atoms with E-state index in [0.29, 0.717) is 22.7 Å². The number of pyridine rings is 1. The van der Waals surface area contributed by atoms with Gasteiger partial charge in [0.2, 0.25) is 0 Å². The van der Waals surface area contributed by atoms with Gasteiger partial charge < -0.3 is 15.5 Å². The third kappa shape index (κ3) is 5.99. The number of benzene rings is 1. The summed E-state index contributed by atoms with van der Waals surface area (Å²) in [7, 11) is 0. The third-order valence-corrected chi connectivity index (χ3v) is 5.35. The van der Waals surface area contributed by atoms with Gasteiger partial charge in [0.05, 0.1) is 30.2 Å². The minimum atomic E-state index is -0.398. The van der Waals surface area contributed by atoms with E-state index in [-0.39, 0.29) is 11.7 Å². The smallest absolute Gasteiger partial charge is 0.275 e. The van der Waals surface area contributed by atoms with Gasteiger partial charge in [-0.1, -0.05) is 19.9 Å². The van der Waals surface area contributed by atoms with Gasteiger partial charge in [0.25, 0.3) is 5.91 Å². The molecule has 1 amide bonds. The van der Waals surface area contributed by atoms with Gasteiger partial charge in [-0.2, -0.15) is 0 Å². The molecule has 0 fully saturated rings. The van der Waals surface area contributed by atoms with Crippen LogP contribution in [0.3, 0.4) is 0 Å². The van der Waals surface area contributed by atoms with Crippen LogP contribution in [0.5, 0.6) is 0 Å². The van der Waals surface area contributed by atoms with Crippen molar-refractivity contribution < 1.29 is 4.79 Å². The number of nitrogens with one attached hydrogen (secondary N) is 2. The number of amides is 1. The molecule has 0 spiro atoms. The maximum atomic E-state index is 12.7. The first kappa shape index (κ1) is 23.1. The average molecular weight is 432 g/mol. The lowest BCUT2D eigenvalue weighted by molar-refractivity contribution is 0.102. The fourth-order valence-electron chi connectivity index (χ4n) is 3.53. The van der Waals surface area contributed by atoms with Crippen LogP contribution in [-0.4, -0.2) is 51.4 Å². The van der Waals surface area contributed by atoms with Gasteiger partial charge >= 0.3 is 0 Å². The van der Waals surface area contributed by atoms with Crippen LogP contribution in [0.4, 0.5) is 17.2 Å². The van der Waals surface area contributed by atoms with Crippen LogP contribution in [0.2, 0.25) is 0 Å². The highest BCUT2D eigenvalue weighted by Crippen LogP contribution is 2.28. The van der Waals surface area contributed by atoms with Crippen molar-refractivity contribution in [2.45, 2.75) is 39.7 Å². The highest BCUT2D eigenvalue weighted by atomic mass is 16.1. The SMILES string of the molecule is [C-]#[N+]c1cc(NC(=O)c2cnc(NC(C)CCCN(CC)CC)cn2)c2ncccc2c1. The Hall–Kier alpha value is -3.57. The number of carbonyl (C=O) groups excluding carboxylic acids is 1. The summed E-state index contributed by atoms with van der Waals surface area (Å²) in [6, 6.07) is 7.27. The first-order valence-corrected chi connectivity index (χ1v) is 10.9. The van der Waals surface area contributed by atoms with Crippen molar-refractivity contribution in [3.05, 3.63) is 60.0 Å².